The number of hydrogen-bond acceptors (Lipinski definition) is 5. The van der Waals surface area contributed by atoms with Crippen LogP contribution in [0, 0.1) is 0 Å². The number of nitrogens with zero attached hydrogens (tertiary/aromatic N) is 3. The highest BCUT2D eigenvalue weighted by atomic mass is 32.2. The Kier molecular flexibility index (Phi) is 6.42. The summed E-state index contributed by atoms with van der Waals surface area (Å²) in [4.78, 5) is 18.0. The van der Waals surface area contributed by atoms with Crippen LogP contribution >= 0.6 is 0 Å². The molecule has 2 aromatic carbocycles. The molecule has 1 saturated heterocycles. The van der Waals surface area contributed by atoms with E-state index in [2.05, 4.69) is 11.9 Å². The first kappa shape index (κ1) is 23.6. The van der Waals surface area contributed by atoms with Crippen molar-refractivity contribution in [3.63, 3.8) is 0 Å². The smallest absolute Gasteiger partial charge is 0.264 e. The van der Waals surface area contributed by atoms with Crippen LogP contribution in [0.1, 0.15) is 41.4 Å². The number of likely N-dealkylation sites (tertiary alicyclic amines) is 1. The van der Waals surface area contributed by atoms with Crippen LogP contribution in [0.15, 0.2) is 76.2 Å². The molecule has 0 spiro atoms. The van der Waals surface area contributed by atoms with E-state index in [1.165, 1.54) is 10.4 Å². The van der Waals surface area contributed by atoms with Crippen molar-refractivity contribution in [2.24, 2.45) is 0 Å². The zero-order valence-corrected chi connectivity index (χ0v) is 20.9. The van der Waals surface area contributed by atoms with Gasteiger partial charge in [0, 0.05) is 17.6 Å². The summed E-state index contributed by atoms with van der Waals surface area (Å²) >= 11 is 0. The first-order valence-corrected chi connectivity index (χ1v) is 13.5. The largest absolute Gasteiger partial charge is 0.467 e. The highest BCUT2D eigenvalue weighted by Crippen LogP contribution is 2.36. The lowest BCUT2D eigenvalue weighted by Crippen LogP contribution is -2.46. The Hall–Kier alpha value is -3.10. The second kappa shape index (κ2) is 9.51. The maximum atomic E-state index is 13.8. The van der Waals surface area contributed by atoms with Gasteiger partial charge in [0.25, 0.3) is 15.9 Å². The fraction of sp³-hybridized carbons (Fsp3) is 0.370. The third-order valence-electron chi connectivity index (χ3n) is 7.08. The van der Waals surface area contributed by atoms with Crippen LogP contribution in [0.25, 0.3) is 0 Å². The summed E-state index contributed by atoms with van der Waals surface area (Å²) in [7, 11) is -1.74. The maximum absolute atomic E-state index is 13.8. The minimum Gasteiger partial charge on any atom is -0.467 e. The number of fused-ring (bicyclic) bond motifs is 1. The molecule has 5 rings (SSSR count). The summed E-state index contributed by atoms with van der Waals surface area (Å²) in [5.74, 6) is 0.534. The van der Waals surface area contributed by atoms with Crippen LogP contribution in [0.3, 0.4) is 0 Å². The number of rotatable bonds is 6. The molecule has 0 saturated carbocycles. The third-order valence-corrected chi connectivity index (χ3v) is 9.00. The topological polar surface area (TPSA) is 74.1 Å². The highest BCUT2D eigenvalue weighted by molar-refractivity contribution is 7.92. The van der Waals surface area contributed by atoms with Crippen LogP contribution < -0.4 is 4.31 Å². The SMILES string of the molecule is CC1Cc2ccccc2N1S(=O)(=O)c1cccc(C(=O)N(Cc2ccco2)C2CCN(C)CC2)c1. The molecule has 2 aliphatic heterocycles. The molecule has 1 atom stereocenters. The van der Waals surface area contributed by atoms with Gasteiger partial charge in [-0.25, -0.2) is 8.42 Å². The van der Waals surface area contributed by atoms with Crippen molar-refractivity contribution in [3.8, 4) is 0 Å². The lowest BCUT2D eigenvalue weighted by atomic mass is 10.0. The van der Waals surface area contributed by atoms with E-state index in [1.807, 2.05) is 48.2 Å². The van der Waals surface area contributed by atoms with Crippen LogP contribution in [0.5, 0.6) is 0 Å². The number of piperidine rings is 1. The van der Waals surface area contributed by atoms with Gasteiger partial charge < -0.3 is 14.2 Å². The van der Waals surface area contributed by atoms with E-state index in [0.717, 1.165) is 31.5 Å². The Morgan fingerprint density at radius 1 is 1.06 bits per heavy atom. The molecule has 1 unspecified atom stereocenters. The second-order valence-electron chi connectivity index (χ2n) is 9.56. The minimum absolute atomic E-state index is 0.0644. The first-order valence-electron chi connectivity index (χ1n) is 12.1. The molecule has 7 nitrogen and oxygen atoms in total. The maximum Gasteiger partial charge on any atom is 0.264 e. The molecular weight excluding hydrogens is 462 g/mol. The lowest BCUT2D eigenvalue weighted by Gasteiger charge is -2.37. The summed E-state index contributed by atoms with van der Waals surface area (Å²) in [6.07, 6.45) is 4.00. The first-order chi connectivity index (χ1) is 16.8. The number of amides is 1. The van der Waals surface area contributed by atoms with Crippen molar-refractivity contribution in [3.05, 3.63) is 83.8 Å². The van der Waals surface area contributed by atoms with Gasteiger partial charge >= 0.3 is 0 Å². The number of sulfonamides is 1. The monoisotopic (exact) mass is 493 g/mol. The minimum atomic E-state index is -3.83. The van der Waals surface area contributed by atoms with E-state index >= 15 is 0 Å². The summed E-state index contributed by atoms with van der Waals surface area (Å²) < 4.78 is 34.5. The van der Waals surface area contributed by atoms with Crippen LogP contribution in [0.4, 0.5) is 5.69 Å². The van der Waals surface area contributed by atoms with Crippen LogP contribution in [-0.4, -0.2) is 56.3 Å². The molecule has 2 aliphatic rings. The van der Waals surface area contributed by atoms with E-state index in [4.69, 9.17) is 4.42 Å². The van der Waals surface area contributed by atoms with Crippen molar-refractivity contribution in [1.29, 1.82) is 0 Å². The molecule has 184 valence electrons. The van der Waals surface area contributed by atoms with E-state index in [9.17, 15) is 13.2 Å². The summed E-state index contributed by atoms with van der Waals surface area (Å²) in [5.41, 5.74) is 2.10. The highest BCUT2D eigenvalue weighted by Gasteiger charge is 2.36. The predicted molar refractivity (Wildman–Crippen MR) is 135 cm³/mol. The summed E-state index contributed by atoms with van der Waals surface area (Å²) in [6, 6.07) is 17.6. The number of hydrogen-bond donors (Lipinski definition) is 0. The molecule has 8 heteroatoms. The van der Waals surface area contributed by atoms with Gasteiger partial charge in [-0.2, -0.15) is 0 Å². The predicted octanol–water partition coefficient (Wildman–Crippen LogP) is 4.16. The Labute approximate surface area is 207 Å². The number of carbonyl (C=O) groups excluding carboxylic acids is 1. The normalized spacial score (nSPS) is 19.0. The van der Waals surface area contributed by atoms with Gasteiger partial charge in [0.1, 0.15) is 5.76 Å². The molecule has 1 aromatic heterocycles. The van der Waals surface area contributed by atoms with E-state index < -0.39 is 10.0 Å². The van der Waals surface area contributed by atoms with Crippen molar-refractivity contribution in [1.82, 2.24) is 9.80 Å². The average Bonchev–Trinajstić information content (AvgIpc) is 3.49. The van der Waals surface area contributed by atoms with Crippen LogP contribution in [0.2, 0.25) is 0 Å². The standard InChI is InChI=1S/C27H31N3O4S/c1-20-17-21-7-3-4-11-26(21)30(20)35(32,33)25-10-5-8-22(18-25)27(31)29(19-24-9-6-16-34-24)23-12-14-28(2)15-13-23/h3-11,16,18,20,23H,12-15,17,19H2,1-2H3. The van der Waals surface area contributed by atoms with Gasteiger partial charge in [0.05, 0.1) is 23.4 Å². The fourth-order valence-corrected chi connectivity index (χ4v) is 6.96. The number of anilines is 1. The Morgan fingerprint density at radius 3 is 2.57 bits per heavy atom. The van der Waals surface area contributed by atoms with Gasteiger partial charge in [-0.15, -0.1) is 0 Å². The van der Waals surface area contributed by atoms with E-state index in [1.54, 1.807) is 24.5 Å². The molecule has 35 heavy (non-hydrogen) atoms. The molecule has 0 N–H and O–H groups in total. The van der Waals surface area contributed by atoms with Crippen molar-refractivity contribution >= 4 is 21.6 Å². The average molecular weight is 494 g/mol. The zero-order chi connectivity index (χ0) is 24.6. The molecule has 0 radical (unpaired) electrons. The van der Waals surface area contributed by atoms with Gasteiger partial charge in [-0.3, -0.25) is 9.10 Å². The van der Waals surface area contributed by atoms with Crippen molar-refractivity contribution in [2.45, 2.75) is 49.7 Å². The Morgan fingerprint density at radius 2 is 1.83 bits per heavy atom. The summed E-state index contributed by atoms with van der Waals surface area (Å²) in [5, 5.41) is 0. The lowest BCUT2D eigenvalue weighted by molar-refractivity contribution is 0.0550. The second-order valence-corrected chi connectivity index (χ2v) is 11.4. The van der Waals surface area contributed by atoms with Gasteiger partial charge in [0.15, 0.2) is 0 Å². The molecular formula is C27H31N3O4S. The third kappa shape index (κ3) is 4.60. The molecule has 1 fully saturated rings. The Balaban J connectivity index is 1.46. The van der Waals surface area contributed by atoms with Gasteiger partial charge in [-0.05, 0) is 88.3 Å². The number of carbonyl (C=O) groups is 1. The molecule has 3 aromatic rings. The molecule has 1 amide bonds. The number of furan rings is 1. The van der Waals surface area contributed by atoms with Gasteiger partial charge in [0.2, 0.25) is 0 Å². The quantitative estimate of drug-likeness (QED) is 0.516. The number of para-hydroxylation sites is 1. The number of benzene rings is 2. The fourth-order valence-electron chi connectivity index (χ4n) is 5.22. The van der Waals surface area contributed by atoms with E-state index in [0.29, 0.717) is 30.0 Å². The Bertz CT molecular complexity index is 1300. The van der Waals surface area contributed by atoms with Crippen molar-refractivity contribution < 1.29 is 17.6 Å². The van der Waals surface area contributed by atoms with E-state index in [-0.39, 0.29) is 22.9 Å². The summed E-state index contributed by atoms with van der Waals surface area (Å²) in [6.45, 7) is 4.09. The van der Waals surface area contributed by atoms with Crippen molar-refractivity contribution in [2.75, 3.05) is 24.4 Å². The van der Waals surface area contributed by atoms with Crippen LogP contribution in [-0.2, 0) is 23.0 Å². The molecule has 0 bridgehead atoms. The molecule has 0 aliphatic carbocycles. The van der Waals surface area contributed by atoms with Gasteiger partial charge in [-0.1, -0.05) is 24.3 Å². The molecule has 3 heterocycles. The zero-order valence-electron chi connectivity index (χ0n) is 20.1.